The Balaban J connectivity index is 1.76. The number of nitrogens with zero attached hydrogens (tertiary/aromatic N) is 1. The molecule has 1 atom stereocenters. The second kappa shape index (κ2) is 5.80. The molecule has 1 N–H and O–H groups in total. The molecule has 1 fully saturated rings. The molecule has 1 aliphatic rings. The first-order valence-corrected chi connectivity index (χ1v) is 7.14. The van der Waals surface area contributed by atoms with Gasteiger partial charge in [0.15, 0.2) is 0 Å². The maximum Gasteiger partial charge on any atom is 0.251 e. The van der Waals surface area contributed by atoms with E-state index in [0.29, 0.717) is 17.0 Å². The minimum absolute atomic E-state index is 0.0781. The zero-order chi connectivity index (χ0) is 14.7. The van der Waals surface area contributed by atoms with E-state index in [9.17, 15) is 4.79 Å². The third-order valence-corrected chi connectivity index (χ3v) is 3.81. The van der Waals surface area contributed by atoms with Crippen LogP contribution in [0.5, 0.6) is 0 Å². The maximum absolute atomic E-state index is 12.4. The first-order chi connectivity index (χ1) is 10.3. The van der Waals surface area contributed by atoms with Crippen molar-refractivity contribution in [2.75, 3.05) is 0 Å². The molecule has 1 saturated carbocycles. The lowest BCUT2D eigenvalue weighted by Gasteiger charge is -2.18. The van der Waals surface area contributed by atoms with Crippen molar-refractivity contribution in [2.24, 2.45) is 5.92 Å². The van der Waals surface area contributed by atoms with Gasteiger partial charge in [0.1, 0.15) is 0 Å². The Hall–Kier alpha value is -2.60. The van der Waals surface area contributed by atoms with Gasteiger partial charge >= 0.3 is 0 Å². The van der Waals surface area contributed by atoms with E-state index in [4.69, 9.17) is 5.26 Å². The number of nitrogens with one attached hydrogen (secondary N) is 1. The minimum Gasteiger partial charge on any atom is -0.345 e. The zero-order valence-electron chi connectivity index (χ0n) is 11.6. The summed E-state index contributed by atoms with van der Waals surface area (Å²) in [5.74, 6) is 0.454. The second-order valence-corrected chi connectivity index (χ2v) is 5.39. The Kier molecular flexibility index (Phi) is 3.70. The average Bonchev–Trinajstić information content (AvgIpc) is 3.38. The van der Waals surface area contributed by atoms with Gasteiger partial charge in [-0.05, 0) is 48.6 Å². The summed E-state index contributed by atoms with van der Waals surface area (Å²) >= 11 is 0. The van der Waals surface area contributed by atoms with Crippen molar-refractivity contribution in [3.63, 3.8) is 0 Å². The van der Waals surface area contributed by atoms with Gasteiger partial charge in [-0.3, -0.25) is 4.79 Å². The lowest BCUT2D eigenvalue weighted by atomic mass is 10.0. The van der Waals surface area contributed by atoms with E-state index in [2.05, 4.69) is 23.5 Å². The normalized spacial score (nSPS) is 15.0. The van der Waals surface area contributed by atoms with E-state index in [-0.39, 0.29) is 11.9 Å². The van der Waals surface area contributed by atoms with Crippen LogP contribution in [0, 0.1) is 17.2 Å². The van der Waals surface area contributed by atoms with Gasteiger partial charge < -0.3 is 5.32 Å². The number of benzene rings is 2. The SMILES string of the molecule is N#Cc1ccc(C(=O)N[C@@H](c2ccccc2)C2CC2)cc1. The number of hydrogen-bond acceptors (Lipinski definition) is 2. The Morgan fingerprint density at radius 1 is 1.10 bits per heavy atom. The predicted octanol–water partition coefficient (Wildman–Crippen LogP) is 3.44. The van der Waals surface area contributed by atoms with Crippen molar-refractivity contribution in [3.8, 4) is 6.07 Å². The largest absolute Gasteiger partial charge is 0.345 e. The molecule has 0 heterocycles. The Morgan fingerprint density at radius 3 is 2.33 bits per heavy atom. The lowest BCUT2D eigenvalue weighted by molar-refractivity contribution is 0.0931. The molecule has 1 amide bonds. The van der Waals surface area contributed by atoms with E-state index < -0.39 is 0 Å². The van der Waals surface area contributed by atoms with Crippen molar-refractivity contribution in [2.45, 2.75) is 18.9 Å². The summed E-state index contributed by atoms with van der Waals surface area (Å²) in [6.07, 6.45) is 2.32. The highest BCUT2D eigenvalue weighted by Crippen LogP contribution is 2.41. The monoisotopic (exact) mass is 276 g/mol. The van der Waals surface area contributed by atoms with Gasteiger partial charge in [0, 0.05) is 5.56 Å². The molecule has 3 rings (SSSR count). The summed E-state index contributed by atoms with van der Waals surface area (Å²) < 4.78 is 0. The van der Waals surface area contributed by atoms with Crippen molar-refractivity contribution in [1.82, 2.24) is 5.32 Å². The van der Waals surface area contributed by atoms with Crippen LogP contribution in [0.25, 0.3) is 0 Å². The number of amides is 1. The van der Waals surface area contributed by atoms with Crippen molar-refractivity contribution in [1.29, 1.82) is 5.26 Å². The van der Waals surface area contributed by atoms with Gasteiger partial charge in [-0.1, -0.05) is 30.3 Å². The van der Waals surface area contributed by atoms with E-state index in [0.717, 1.165) is 18.4 Å². The molecule has 3 nitrogen and oxygen atoms in total. The summed E-state index contributed by atoms with van der Waals surface area (Å²) in [4.78, 5) is 12.4. The summed E-state index contributed by atoms with van der Waals surface area (Å²) in [5.41, 5.74) is 2.31. The number of carbonyl (C=O) groups excluding carboxylic acids is 1. The van der Waals surface area contributed by atoms with Gasteiger partial charge in [-0.2, -0.15) is 5.26 Å². The first-order valence-electron chi connectivity index (χ1n) is 7.14. The lowest BCUT2D eigenvalue weighted by Crippen LogP contribution is -2.29. The third-order valence-electron chi connectivity index (χ3n) is 3.81. The molecule has 0 unspecified atom stereocenters. The highest BCUT2D eigenvalue weighted by molar-refractivity contribution is 5.94. The predicted molar refractivity (Wildman–Crippen MR) is 80.5 cm³/mol. The zero-order valence-corrected chi connectivity index (χ0v) is 11.6. The Labute approximate surface area is 124 Å². The van der Waals surface area contributed by atoms with Crippen LogP contribution in [0.2, 0.25) is 0 Å². The fourth-order valence-corrected chi connectivity index (χ4v) is 2.48. The van der Waals surface area contributed by atoms with E-state index in [1.165, 1.54) is 0 Å². The molecule has 0 aliphatic heterocycles. The summed E-state index contributed by atoms with van der Waals surface area (Å²) in [7, 11) is 0. The first kappa shape index (κ1) is 13.4. The minimum atomic E-state index is -0.0831. The molecule has 2 aromatic rings. The van der Waals surface area contributed by atoms with Gasteiger partial charge in [-0.25, -0.2) is 0 Å². The van der Waals surface area contributed by atoms with E-state index in [1.807, 2.05) is 18.2 Å². The molecule has 2 aromatic carbocycles. The quantitative estimate of drug-likeness (QED) is 0.930. The van der Waals surface area contributed by atoms with Crippen molar-refractivity contribution < 1.29 is 4.79 Å². The number of carbonyl (C=O) groups is 1. The van der Waals surface area contributed by atoms with Gasteiger partial charge in [0.05, 0.1) is 17.7 Å². The third kappa shape index (κ3) is 3.11. The van der Waals surface area contributed by atoms with Crippen LogP contribution < -0.4 is 5.32 Å². The highest BCUT2D eigenvalue weighted by Gasteiger charge is 2.33. The number of rotatable bonds is 4. The van der Waals surface area contributed by atoms with E-state index >= 15 is 0 Å². The molecule has 21 heavy (non-hydrogen) atoms. The molecule has 104 valence electrons. The molecule has 0 radical (unpaired) electrons. The summed E-state index contributed by atoms with van der Waals surface area (Å²) in [5, 5.41) is 11.9. The smallest absolute Gasteiger partial charge is 0.251 e. The summed E-state index contributed by atoms with van der Waals surface area (Å²) in [6, 6.07) is 19.0. The van der Waals surface area contributed by atoms with Gasteiger partial charge in [-0.15, -0.1) is 0 Å². The fraction of sp³-hybridized carbons (Fsp3) is 0.222. The standard InChI is InChI=1S/C18H16N2O/c19-12-13-6-8-16(9-7-13)18(21)20-17(15-10-11-15)14-4-2-1-3-5-14/h1-9,15,17H,10-11H2,(H,20,21)/t17-/m0/s1. The maximum atomic E-state index is 12.4. The van der Waals surface area contributed by atoms with Crippen molar-refractivity contribution >= 4 is 5.91 Å². The van der Waals surface area contributed by atoms with Gasteiger partial charge in [0.2, 0.25) is 0 Å². The molecular weight excluding hydrogens is 260 g/mol. The molecule has 0 saturated heterocycles. The van der Waals surface area contributed by atoms with Crippen LogP contribution in [-0.4, -0.2) is 5.91 Å². The Morgan fingerprint density at radius 2 is 1.76 bits per heavy atom. The topological polar surface area (TPSA) is 52.9 Å². The van der Waals surface area contributed by atoms with Crippen molar-refractivity contribution in [3.05, 3.63) is 71.3 Å². The number of hydrogen-bond donors (Lipinski definition) is 1. The molecule has 0 spiro atoms. The molecule has 1 aliphatic carbocycles. The number of nitriles is 1. The van der Waals surface area contributed by atoms with Crippen LogP contribution in [-0.2, 0) is 0 Å². The van der Waals surface area contributed by atoms with Crippen LogP contribution in [0.3, 0.4) is 0 Å². The molecule has 0 aromatic heterocycles. The molecular formula is C18H16N2O. The van der Waals surface area contributed by atoms with Crippen LogP contribution in [0.4, 0.5) is 0 Å². The van der Waals surface area contributed by atoms with Crippen LogP contribution >= 0.6 is 0 Å². The van der Waals surface area contributed by atoms with E-state index in [1.54, 1.807) is 24.3 Å². The van der Waals surface area contributed by atoms with Gasteiger partial charge in [0.25, 0.3) is 5.91 Å². The average molecular weight is 276 g/mol. The fourth-order valence-electron chi connectivity index (χ4n) is 2.48. The summed E-state index contributed by atoms with van der Waals surface area (Å²) in [6.45, 7) is 0. The van der Waals surface area contributed by atoms with Crippen LogP contribution in [0.1, 0.15) is 40.4 Å². The highest BCUT2D eigenvalue weighted by atomic mass is 16.1. The molecule has 3 heteroatoms. The van der Waals surface area contributed by atoms with Crippen LogP contribution in [0.15, 0.2) is 54.6 Å². The second-order valence-electron chi connectivity index (χ2n) is 5.39. The Bertz CT molecular complexity index is 667. The molecule has 0 bridgehead atoms.